The number of amides is 1. The van der Waals surface area contributed by atoms with Gasteiger partial charge in [-0.3, -0.25) is 14.5 Å². The average molecular weight is 542 g/mol. The summed E-state index contributed by atoms with van der Waals surface area (Å²) in [4.78, 5) is 45.9. The quantitative estimate of drug-likeness (QED) is 0.213. The van der Waals surface area contributed by atoms with Crippen LogP contribution in [0.15, 0.2) is 23.8 Å². The number of aliphatic hydroxyl groups is 1. The van der Waals surface area contributed by atoms with Crippen LogP contribution in [0.5, 0.6) is 11.5 Å². The van der Waals surface area contributed by atoms with E-state index in [9.17, 15) is 19.5 Å². The van der Waals surface area contributed by atoms with Crippen molar-refractivity contribution < 1.29 is 38.4 Å². The fraction of sp³-hybridized carbons (Fsp3) is 0.464. The highest BCUT2D eigenvalue weighted by molar-refractivity contribution is 6.46. The number of likely N-dealkylation sites (tertiary alicyclic amines) is 1. The molecule has 11 nitrogen and oxygen atoms in total. The average Bonchev–Trinajstić information content (AvgIpc) is 3.39. The number of aryl methyl sites for hydroxylation is 1. The lowest BCUT2D eigenvalue weighted by Gasteiger charge is -2.29. The minimum absolute atomic E-state index is 0.0838. The molecule has 3 heterocycles. The molecule has 39 heavy (non-hydrogen) atoms. The van der Waals surface area contributed by atoms with Gasteiger partial charge >= 0.3 is 5.97 Å². The maximum absolute atomic E-state index is 13.5. The van der Waals surface area contributed by atoms with E-state index in [2.05, 4.69) is 9.88 Å². The van der Waals surface area contributed by atoms with Crippen LogP contribution in [0.1, 0.15) is 45.3 Å². The van der Waals surface area contributed by atoms with E-state index in [1.807, 2.05) is 0 Å². The molecule has 2 aliphatic rings. The number of nitrogens with one attached hydrogen (secondary N) is 1. The Kier molecular flexibility index (Phi) is 8.61. The number of hydrogen-bond donors (Lipinski definition) is 2. The lowest BCUT2D eigenvalue weighted by molar-refractivity contribution is -0.140. The Labute approximate surface area is 227 Å². The molecule has 2 saturated heterocycles. The van der Waals surface area contributed by atoms with Crippen LogP contribution in [0.25, 0.3) is 5.76 Å². The fourth-order valence-corrected chi connectivity index (χ4v) is 5.32. The zero-order valence-electron chi connectivity index (χ0n) is 23.0. The molecular formula is C28H35N3O8. The van der Waals surface area contributed by atoms with Crippen molar-refractivity contribution in [3.63, 3.8) is 0 Å². The zero-order chi connectivity index (χ0) is 28.3. The van der Waals surface area contributed by atoms with Gasteiger partial charge in [0, 0.05) is 43.0 Å². The van der Waals surface area contributed by atoms with Gasteiger partial charge in [0.15, 0.2) is 0 Å². The second-order valence-corrected chi connectivity index (χ2v) is 9.52. The highest BCUT2D eigenvalue weighted by atomic mass is 16.5. The number of rotatable bonds is 9. The number of aliphatic hydroxyl groups excluding tert-OH is 1. The molecule has 1 atom stereocenters. The first-order chi connectivity index (χ1) is 18.7. The monoisotopic (exact) mass is 541 g/mol. The molecule has 1 aromatic carbocycles. The number of Topliss-reactive ketones (excluding diaryl/α,β-unsaturated/α-hetero) is 1. The topological polar surface area (TPSA) is 131 Å². The maximum Gasteiger partial charge on any atom is 0.354 e. The maximum atomic E-state index is 13.5. The number of carbonyl (C=O) groups is 3. The van der Waals surface area contributed by atoms with E-state index in [4.69, 9.17) is 18.9 Å². The molecular weight excluding hydrogens is 506 g/mol. The van der Waals surface area contributed by atoms with Gasteiger partial charge in [0.25, 0.3) is 11.7 Å². The van der Waals surface area contributed by atoms with E-state index in [1.165, 1.54) is 26.2 Å². The van der Waals surface area contributed by atoms with Crippen molar-refractivity contribution in [3.8, 4) is 11.5 Å². The summed E-state index contributed by atoms with van der Waals surface area (Å²) in [6.45, 7) is 7.26. The summed E-state index contributed by atoms with van der Waals surface area (Å²) in [5.74, 6) is -1.57. The van der Waals surface area contributed by atoms with E-state index in [-0.39, 0.29) is 29.1 Å². The first-order valence-corrected chi connectivity index (χ1v) is 12.8. The molecule has 0 aliphatic carbocycles. The van der Waals surface area contributed by atoms with E-state index >= 15 is 0 Å². The second-order valence-electron chi connectivity index (χ2n) is 9.52. The van der Waals surface area contributed by atoms with Crippen molar-refractivity contribution in [2.24, 2.45) is 0 Å². The molecule has 0 radical (unpaired) electrons. The molecule has 2 fully saturated rings. The van der Waals surface area contributed by atoms with Gasteiger partial charge in [-0.1, -0.05) is 0 Å². The van der Waals surface area contributed by atoms with Crippen LogP contribution in [0.2, 0.25) is 0 Å². The normalized spacial score (nSPS) is 19.4. The summed E-state index contributed by atoms with van der Waals surface area (Å²) in [7, 11) is 4.28. The van der Waals surface area contributed by atoms with Gasteiger partial charge in [-0.2, -0.15) is 0 Å². The smallest absolute Gasteiger partial charge is 0.354 e. The molecule has 4 rings (SSSR count). The molecule has 1 unspecified atom stereocenters. The SMILES string of the molecule is COC(=O)c1[nH]c(C)c(C(O)=C2C(=O)C(=O)N(CCCN3CCOCC3)C2c2cc(OC)ccc2OC)c1C. The van der Waals surface area contributed by atoms with E-state index in [1.54, 1.807) is 32.0 Å². The molecule has 2 aromatic rings. The van der Waals surface area contributed by atoms with Gasteiger partial charge in [0.05, 0.1) is 46.2 Å². The number of morpholine rings is 1. The van der Waals surface area contributed by atoms with Gasteiger partial charge in [0.2, 0.25) is 0 Å². The van der Waals surface area contributed by atoms with Gasteiger partial charge < -0.3 is 33.9 Å². The number of nitrogens with zero attached hydrogens (tertiary/aromatic N) is 2. The van der Waals surface area contributed by atoms with Crippen molar-refractivity contribution in [2.75, 3.05) is 60.7 Å². The van der Waals surface area contributed by atoms with Crippen molar-refractivity contribution >= 4 is 23.4 Å². The predicted octanol–water partition coefficient (Wildman–Crippen LogP) is 2.58. The van der Waals surface area contributed by atoms with Crippen LogP contribution >= 0.6 is 0 Å². The number of ether oxygens (including phenoxy) is 4. The number of hydrogen-bond acceptors (Lipinski definition) is 9. The molecule has 0 bridgehead atoms. The van der Waals surface area contributed by atoms with Crippen LogP contribution in [-0.2, 0) is 19.1 Å². The van der Waals surface area contributed by atoms with Crippen LogP contribution < -0.4 is 9.47 Å². The number of ketones is 1. The van der Waals surface area contributed by atoms with Gasteiger partial charge in [-0.15, -0.1) is 0 Å². The number of H-pyrrole nitrogens is 1. The molecule has 1 amide bonds. The first-order valence-electron chi connectivity index (χ1n) is 12.8. The van der Waals surface area contributed by atoms with Crippen LogP contribution in [0.3, 0.4) is 0 Å². The number of esters is 1. The Morgan fingerprint density at radius 2 is 1.82 bits per heavy atom. The Morgan fingerprint density at radius 1 is 1.10 bits per heavy atom. The minimum Gasteiger partial charge on any atom is -0.507 e. The summed E-state index contributed by atoms with van der Waals surface area (Å²) in [6.07, 6.45) is 0.616. The highest BCUT2D eigenvalue weighted by Crippen LogP contribution is 2.44. The summed E-state index contributed by atoms with van der Waals surface area (Å²) >= 11 is 0. The molecule has 2 aliphatic heterocycles. The summed E-state index contributed by atoms with van der Waals surface area (Å²) in [5.41, 5.74) is 1.72. The summed E-state index contributed by atoms with van der Waals surface area (Å²) in [6, 6.07) is 4.18. The number of carbonyl (C=O) groups excluding carboxylic acids is 3. The van der Waals surface area contributed by atoms with E-state index in [0.717, 1.165) is 19.6 Å². The molecule has 210 valence electrons. The summed E-state index contributed by atoms with van der Waals surface area (Å²) < 4.78 is 21.3. The van der Waals surface area contributed by atoms with Gasteiger partial charge in [-0.05, 0) is 44.0 Å². The lowest BCUT2D eigenvalue weighted by atomic mass is 9.93. The second kappa shape index (κ2) is 11.9. The molecule has 0 saturated carbocycles. The fourth-order valence-electron chi connectivity index (χ4n) is 5.32. The van der Waals surface area contributed by atoms with Crippen molar-refractivity contribution in [3.05, 3.63) is 51.9 Å². The molecule has 11 heteroatoms. The molecule has 0 spiro atoms. The van der Waals surface area contributed by atoms with Gasteiger partial charge in [0.1, 0.15) is 23.0 Å². The van der Waals surface area contributed by atoms with Gasteiger partial charge in [-0.25, -0.2) is 4.79 Å². The van der Waals surface area contributed by atoms with Crippen LogP contribution in [0, 0.1) is 13.8 Å². The number of benzene rings is 1. The molecule has 1 aromatic heterocycles. The zero-order valence-corrected chi connectivity index (χ0v) is 23.0. The van der Waals surface area contributed by atoms with Crippen molar-refractivity contribution in [1.82, 2.24) is 14.8 Å². The summed E-state index contributed by atoms with van der Waals surface area (Å²) in [5, 5.41) is 11.6. The van der Waals surface area contributed by atoms with Crippen LogP contribution in [-0.4, -0.2) is 98.3 Å². The van der Waals surface area contributed by atoms with E-state index in [0.29, 0.717) is 48.0 Å². The Balaban J connectivity index is 1.82. The van der Waals surface area contributed by atoms with E-state index < -0.39 is 23.7 Å². The first kappa shape index (κ1) is 28.2. The predicted molar refractivity (Wildman–Crippen MR) is 142 cm³/mol. The lowest BCUT2D eigenvalue weighted by Crippen LogP contribution is -2.39. The number of aromatic amines is 1. The Morgan fingerprint density at radius 3 is 2.46 bits per heavy atom. The Hall–Kier alpha value is -3.83. The third kappa shape index (κ3) is 5.37. The molecule has 2 N–H and O–H groups in total. The Bertz CT molecular complexity index is 1290. The number of aromatic nitrogens is 1. The number of methoxy groups -OCH3 is 3. The third-order valence-electron chi connectivity index (χ3n) is 7.31. The van der Waals surface area contributed by atoms with Crippen LogP contribution in [0.4, 0.5) is 0 Å². The van der Waals surface area contributed by atoms with Crippen molar-refractivity contribution in [2.45, 2.75) is 26.3 Å². The minimum atomic E-state index is -0.935. The standard InChI is InChI=1S/C28H35N3O8/c1-16-21(17(2)29-23(16)28(35)38-5)25(32)22-24(19-15-18(36-3)7-8-20(19)37-4)31(27(34)26(22)33)10-6-9-30-11-13-39-14-12-30/h7-8,15,24,29,32H,6,9-14H2,1-5H3. The largest absolute Gasteiger partial charge is 0.507 e. The third-order valence-corrected chi connectivity index (χ3v) is 7.31. The highest BCUT2D eigenvalue weighted by Gasteiger charge is 2.47. The van der Waals surface area contributed by atoms with Crippen molar-refractivity contribution in [1.29, 1.82) is 0 Å².